The molecule has 164 valence electrons. The molecule has 1 atom stereocenters. The Bertz CT molecular complexity index is 1030. The molecule has 8 heteroatoms. The number of amides is 1. The van der Waals surface area contributed by atoms with Gasteiger partial charge >= 0.3 is 0 Å². The van der Waals surface area contributed by atoms with Crippen LogP contribution in [0.1, 0.15) is 73.4 Å². The lowest BCUT2D eigenvalue weighted by Gasteiger charge is -2.41. The summed E-state index contributed by atoms with van der Waals surface area (Å²) in [5.41, 5.74) is 5.68. The summed E-state index contributed by atoms with van der Waals surface area (Å²) < 4.78 is 6.05. The molecule has 0 unspecified atom stereocenters. The highest BCUT2D eigenvalue weighted by Gasteiger charge is 2.35. The van der Waals surface area contributed by atoms with E-state index in [-0.39, 0.29) is 23.5 Å². The Labute approximate surface area is 187 Å². The fourth-order valence-electron chi connectivity index (χ4n) is 4.52. The molecule has 2 aliphatic heterocycles. The van der Waals surface area contributed by atoms with Crippen molar-refractivity contribution in [2.75, 3.05) is 24.5 Å². The summed E-state index contributed by atoms with van der Waals surface area (Å²) in [5.74, 6) is 0.944. The molecule has 0 aromatic carbocycles. The summed E-state index contributed by atoms with van der Waals surface area (Å²) in [6.45, 7) is 12.8. The molecule has 1 fully saturated rings. The van der Waals surface area contributed by atoms with Crippen LogP contribution in [0, 0.1) is 11.3 Å². The van der Waals surface area contributed by atoms with Crippen molar-refractivity contribution in [1.29, 1.82) is 5.26 Å². The number of hydrogen-bond acceptors (Lipinski definition) is 7. The van der Waals surface area contributed by atoms with Gasteiger partial charge < -0.3 is 14.5 Å². The van der Waals surface area contributed by atoms with E-state index in [0.717, 1.165) is 22.6 Å². The van der Waals surface area contributed by atoms with Crippen molar-refractivity contribution in [2.24, 2.45) is 0 Å². The number of nitrogens with zero attached hydrogens (tertiary/aromatic N) is 5. The van der Waals surface area contributed by atoms with Gasteiger partial charge in [0.25, 0.3) is 5.91 Å². The first-order valence-electron chi connectivity index (χ1n) is 10.8. The number of fused-ring (bicyclic) bond motifs is 1. The molecule has 0 N–H and O–H groups in total. The highest BCUT2D eigenvalue weighted by molar-refractivity contribution is 7.07. The molecule has 1 saturated heterocycles. The summed E-state index contributed by atoms with van der Waals surface area (Å²) in [6, 6.07) is 2.44. The standard InChI is InChI=1S/C23H29N5O2S/c1-14(2)20-18-11-30-23(4,5)8-16(18)17(9-24)21(26-20)27-6-7-28(15(3)10-27)22(29)19-12-31-13-25-19/h12-15H,6-8,10-11H2,1-5H3/t15-/m1/s1. The average molecular weight is 440 g/mol. The summed E-state index contributed by atoms with van der Waals surface area (Å²) >= 11 is 1.43. The number of pyridine rings is 1. The number of carbonyl (C=O) groups is 1. The minimum absolute atomic E-state index is 0.00500. The largest absolute Gasteiger partial charge is 0.370 e. The third-order valence-electron chi connectivity index (χ3n) is 6.13. The van der Waals surface area contributed by atoms with Gasteiger partial charge in [-0.15, -0.1) is 11.3 Å². The second kappa shape index (κ2) is 8.21. The van der Waals surface area contributed by atoms with Crippen LogP contribution in [0.15, 0.2) is 10.9 Å². The molecule has 0 radical (unpaired) electrons. The van der Waals surface area contributed by atoms with Gasteiger partial charge in [0.1, 0.15) is 17.6 Å². The first-order valence-corrected chi connectivity index (χ1v) is 11.7. The van der Waals surface area contributed by atoms with Crippen LogP contribution in [0.2, 0.25) is 0 Å². The van der Waals surface area contributed by atoms with Gasteiger partial charge in [-0.3, -0.25) is 4.79 Å². The summed E-state index contributed by atoms with van der Waals surface area (Å²) in [4.78, 5) is 26.0. The predicted octanol–water partition coefficient (Wildman–Crippen LogP) is 3.74. The van der Waals surface area contributed by atoms with Gasteiger partial charge in [-0.05, 0) is 32.3 Å². The first kappa shape index (κ1) is 21.7. The molecule has 2 aromatic rings. The Morgan fingerprint density at radius 3 is 2.74 bits per heavy atom. The Balaban J connectivity index is 1.68. The van der Waals surface area contributed by atoms with Crippen LogP contribution in [0.3, 0.4) is 0 Å². The van der Waals surface area contributed by atoms with Gasteiger partial charge in [-0.1, -0.05) is 13.8 Å². The highest BCUT2D eigenvalue weighted by Crippen LogP contribution is 2.38. The van der Waals surface area contributed by atoms with Crippen LogP contribution >= 0.6 is 11.3 Å². The fraction of sp³-hybridized carbons (Fsp3) is 0.565. The summed E-state index contributed by atoms with van der Waals surface area (Å²) in [7, 11) is 0. The number of thiazole rings is 1. The van der Waals surface area contributed by atoms with Crippen molar-refractivity contribution in [3.8, 4) is 6.07 Å². The molecule has 0 saturated carbocycles. The molecule has 0 bridgehead atoms. The topological polar surface area (TPSA) is 82.4 Å². The number of nitriles is 1. The van der Waals surface area contributed by atoms with Crippen LogP contribution in [-0.2, 0) is 17.8 Å². The maximum Gasteiger partial charge on any atom is 0.273 e. The Morgan fingerprint density at radius 2 is 2.13 bits per heavy atom. The van der Waals surface area contributed by atoms with Gasteiger partial charge in [0, 0.05) is 43.0 Å². The van der Waals surface area contributed by atoms with E-state index in [4.69, 9.17) is 9.72 Å². The van der Waals surface area contributed by atoms with E-state index in [0.29, 0.717) is 43.9 Å². The van der Waals surface area contributed by atoms with E-state index in [1.165, 1.54) is 11.3 Å². The molecule has 4 heterocycles. The zero-order valence-electron chi connectivity index (χ0n) is 18.8. The minimum atomic E-state index is -0.308. The lowest BCUT2D eigenvalue weighted by atomic mass is 9.86. The van der Waals surface area contributed by atoms with Crippen LogP contribution < -0.4 is 4.90 Å². The highest BCUT2D eigenvalue weighted by atomic mass is 32.1. The average Bonchev–Trinajstić information content (AvgIpc) is 3.26. The van der Waals surface area contributed by atoms with E-state index in [2.05, 4.69) is 43.6 Å². The molecule has 0 spiro atoms. The van der Waals surface area contributed by atoms with Gasteiger partial charge in [0.2, 0.25) is 0 Å². The van der Waals surface area contributed by atoms with Crippen LogP contribution in [-0.4, -0.2) is 52.1 Å². The van der Waals surface area contributed by atoms with Crippen LogP contribution in [0.5, 0.6) is 0 Å². The molecule has 2 aliphatic rings. The number of piperazine rings is 1. The van der Waals surface area contributed by atoms with Gasteiger partial charge in [-0.2, -0.15) is 5.26 Å². The second-order valence-electron chi connectivity index (χ2n) is 9.31. The molecular weight excluding hydrogens is 410 g/mol. The van der Waals surface area contributed by atoms with E-state index < -0.39 is 0 Å². The Kier molecular flexibility index (Phi) is 5.75. The van der Waals surface area contributed by atoms with Crippen molar-refractivity contribution in [3.05, 3.63) is 39.0 Å². The number of ether oxygens (including phenoxy) is 1. The van der Waals surface area contributed by atoms with E-state index in [9.17, 15) is 10.1 Å². The lowest BCUT2D eigenvalue weighted by molar-refractivity contribution is -0.0408. The summed E-state index contributed by atoms with van der Waals surface area (Å²) in [6.07, 6.45) is 0.693. The maximum absolute atomic E-state index is 12.8. The molecular formula is C23H29N5O2S. The van der Waals surface area contributed by atoms with Crippen molar-refractivity contribution >= 4 is 23.1 Å². The van der Waals surface area contributed by atoms with Crippen molar-refractivity contribution in [1.82, 2.24) is 14.9 Å². The quantitative estimate of drug-likeness (QED) is 0.725. The van der Waals surface area contributed by atoms with Crippen molar-refractivity contribution in [3.63, 3.8) is 0 Å². The van der Waals surface area contributed by atoms with Crippen LogP contribution in [0.4, 0.5) is 5.82 Å². The number of aromatic nitrogens is 2. The van der Waals surface area contributed by atoms with Gasteiger partial charge in [-0.25, -0.2) is 9.97 Å². The molecule has 7 nitrogen and oxygen atoms in total. The fourth-order valence-corrected chi connectivity index (χ4v) is 5.05. The Hall–Kier alpha value is -2.50. The molecule has 2 aromatic heterocycles. The molecule has 1 amide bonds. The third-order valence-corrected chi connectivity index (χ3v) is 6.72. The maximum atomic E-state index is 12.8. The van der Waals surface area contributed by atoms with E-state index in [1.54, 1.807) is 10.9 Å². The van der Waals surface area contributed by atoms with Crippen molar-refractivity contribution in [2.45, 2.75) is 65.2 Å². The molecule has 4 rings (SSSR count). The lowest BCUT2D eigenvalue weighted by Crippen LogP contribution is -2.54. The number of rotatable bonds is 3. The van der Waals surface area contributed by atoms with Gasteiger partial charge in [0.05, 0.1) is 29.0 Å². The summed E-state index contributed by atoms with van der Waals surface area (Å²) in [5, 5.41) is 11.9. The minimum Gasteiger partial charge on any atom is -0.370 e. The zero-order valence-corrected chi connectivity index (χ0v) is 19.6. The first-order chi connectivity index (χ1) is 14.7. The number of carbonyl (C=O) groups excluding carboxylic acids is 1. The smallest absolute Gasteiger partial charge is 0.273 e. The SMILES string of the molecule is CC(C)c1nc(N2CCN(C(=O)c3cscn3)[C@H](C)C2)c(C#N)c2c1COC(C)(C)C2. The Morgan fingerprint density at radius 1 is 1.35 bits per heavy atom. The molecule has 0 aliphatic carbocycles. The zero-order chi connectivity index (χ0) is 22.3. The number of anilines is 1. The third kappa shape index (κ3) is 4.04. The van der Waals surface area contributed by atoms with E-state index in [1.807, 2.05) is 11.8 Å². The molecule has 31 heavy (non-hydrogen) atoms. The van der Waals surface area contributed by atoms with Crippen LogP contribution in [0.25, 0.3) is 0 Å². The predicted molar refractivity (Wildman–Crippen MR) is 120 cm³/mol. The number of hydrogen-bond donors (Lipinski definition) is 0. The monoisotopic (exact) mass is 439 g/mol. The van der Waals surface area contributed by atoms with Gasteiger partial charge in [0.15, 0.2) is 0 Å². The normalized spacial score (nSPS) is 20.5. The van der Waals surface area contributed by atoms with E-state index >= 15 is 0 Å². The van der Waals surface area contributed by atoms with Crippen molar-refractivity contribution < 1.29 is 9.53 Å². The second-order valence-corrected chi connectivity index (χ2v) is 10.0.